The van der Waals surface area contributed by atoms with Crippen molar-refractivity contribution in [3.63, 3.8) is 0 Å². The molecule has 1 saturated carbocycles. The summed E-state index contributed by atoms with van der Waals surface area (Å²) >= 11 is 0. The third kappa shape index (κ3) is 4.18. The number of anilines is 1. The summed E-state index contributed by atoms with van der Waals surface area (Å²) in [6.45, 7) is 4.10. The van der Waals surface area contributed by atoms with E-state index in [0.717, 1.165) is 0 Å². The molecule has 2 rings (SSSR count). The molecule has 4 nitrogen and oxygen atoms in total. The Bertz CT molecular complexity index is 504. The van der Waals surface area contributed by atoms with Crippen LogP contribution in [0.25, 0.3) is 0 Å². The van der Waals surface area contributed by atoms with Crippen LogP contribution in [0.1, 0.15) is 57.6 Å². The molecule has 1 aromatic carbocycles. The summed E-state index contributed by atoms with van der Waals surface area (Å²) < 4.78 is 0. The molecule has 1 aliphatic carbocycles. The molecular weight excluding hydrogens is 286 g/mol. The van der Waals surface area contributed by atoms with E-state index in [9.17, 15) is 4.79 Å². The smallest absolute Gasteiger partial charge is 0.315 e. The van der Waals surface area contributed by atoms with Gasteiger partial charge in [-0.1, -0.05) is 31.4 Å². The van der Waals surface area contributed by atoms with E-state index in [1.54, 1.807) is 0 Å². The van der Waals surface area contributed by atoms with Gasteiger partial charge in [0.1, 0.15) is 0 Å². The third-order valence-corrected chi connectivity index (χ3v) is 4.96. The lowest BCUT2D eigenvalue weighted by molar-refractivity contribution is 0.114. The molecule has 2 amide bonds. The summed E-state index contributed by atoms with van der Waals surface area (Å²) in [5.74, 6) is 0.504. The summed E-state index contributed by atoms with van der Waals surface area (Å²) in [5, 5.41) is 0. The van der Waals surface area contributed by atoms with Gasteiger partial charge in [0.05, 0.1) is 6.04 Å². The minimum absolute atomic E-state index is 0.0870. The number of amides is 2. The van der Waals surface area contributed by atoms with Crippen LogP contribution in [0.15, 0.2) is 24.3 Å². The van der Waals surface area contributed by atoms with Gasteiger partial charge in [-0.05, 0) is 50.3 Å². The highest BCUT2D eigenvalue weighted by atomic mass is 16.2. The highest BCUT2D eigenvalue weighted by Gasteiger charge is 2.33. The van der Waals surface area contributed by atoms with E-state index in [0.29, 0.717) is 5.92 Å². The van der Waals surface area contributed by atoms with E-state index in [2.05, 4.69) is 43.0 Å². The van der Waals surface area contributed by atoms with Crippen LogP contribution >= 0.6 is 0 Å². The summed E-state index contributed by atoms with van der Waals surface area (Å²) in [5.41, 5.74) is 8.12. The molecule has 1 aliphatic rings. The Balaban J connectivity index is 2.36. The molecule has 0 radical (unpaired) electrons. The first-order valence-electron chi connectivity index (χ1n) is 8.77. The van der Waals surface area contributed by atoms with Gasteiger partial charge in [-0.25, -0.2) is 4.79 Å². The largest absolute Gasteiger partial charge is 0.378 e. The van der Waals surface area contributed by atoms with Crippen molar-refractivity contribution < 1.29 is 4.79 Å². The molecular formula is C19H31N3O. The van der Waals surface area contributed by atoms with Crippen LogP contribution in [0, 0.1) is 5.92 Å². The fourth-order valence-corrected chi connectivity index (χ4v) is 3.79. The zero-order valence-electron chi connectivity index (χ0n) is 15.0. The molecule has 0 bridgehead atoms. The number of carbonyl (C=O) groups is 1. The molecule has 1 aromatic rings. The maximum absolute atomic E-state index is 12.1. The number of carbonyl (C=O) groups excluding carboxylic acids is 1. The number of hydrogen-bond donors (Lipinski definition) is 1. The maximum atomic E-state index is 12.1. The average Bonchev–Trinajstić information content (AvgIpc) is 2.52. The van der Waals surface area contributed by atoms with Gasteiger partial charge < -0.3 is 15.5 Å². The number of nitrogens with zero attached hydrogens (tertiary/aromatic N) is 2. The van der Waals surface area contributed by atoms with Crippen molar-refractivity contribution in [2.45, 2.75) is 58.0 Å². The topological polar surface area (TPSA) is 49.6 Å². The van der Waals surface area contributed by atoms with Crippen LogP contribution in [-0.4, -0.2) is 31.1 Å². The van der Waals surface area contributed by atoms with E-state index < -0.39 is 0 Å². The number of benzene rings is 1. The Morgan fingerprint density at radius 3 is 2.09 bits per heavy atom. The maximum Gasteiger partial charge on any atom is 0.315 e. The first-order valence-corrected chi connectivity index (χ1v) is 8.77. The van der Waals surface area contributed by atoms with Crippen LogP contribution in [0.5, 0.6) is 0 Å². The molecule has 0 spiro atoms. The van der Waals surface area contributed by atoms with Gasteiger partial charge in [0.15, 0.2) is 0 Å². The van der Waals surface area contributed by atoms with Crippen molar-refractivity contribution in [3.8, 4) is 0 Å². The molecule has 0 heterocycles. The van der Waals surface area contributed by atoms with Crippen LogP contribution in [-0.2, 0) is 0 Å². The lowest BCUT2D eigenvalue weighted by Gasteiger charge is -2.40. The van der Waals surface area contributed by atoms with Crippen molar-refractivity contribution in [1.29, 1.82) is 0 Å². The highest BCUT2D eigenvalue weighted by Crippen LogP contribution is 2.39. The molecule has 128 valence electrons. The molecule has 1 atom stereocenters. The summed E-state index contributed by atoms with van der Waals surface area (Å²) in [6.07, 6.45) is 6.16. The second-order valence-corrected chi connectivity index (χ2v) is 7.17. The Labute approximate surface area is 140 Å². The first-order chi connectivity index (χ1) is 10.9. The lowest BCUT2D eigenvalue weighted by atomic mass is 9.80. The highest BCUT2D eigenvalue weighted by molar-refractivity contribution is 5.73. The second-order valence-electron chi connectivity index (χ2n) is 7.17. The molecule has 0 aromatic heterocycles. The summed E-state index contributed by atoms with van der Waals surface area (Å²) in [6, 6.07) is 8.46. The van der Waals surface area contributed by atoms with E-state index in [1.807, 2.05) is 19.0 Å². The van der Waals surface area contributed by atoms with Gasteiger partial charge in [-0.3, -0.25) is 0 Å². The van der Waals surface area contributed by atoms with Crippen LogP contribution < -0.4 is 10.6 Å². The Morgan fingerprint density at radius 1 is 1.09 bits per heavy atom. The zero-order valence-corrected chi connectivity index (χ0v) is 15.0. The van der Waals surface area contributed by atoms with Gasteiger partial charge >= 0.3 is 6.03 Å². The minimum Gasteiger partial charge on any atom is -0.378 e. The Kier molecular flexibility index (Phi) is 5.91. The SMILES string of the molecule is CC(C)N(C(N)=O)[C@H](c1ccc(N(C)C)cc1)C1CCCCC1. The Morgan fingerprint density at radius 2 is 1.65 bits per heavy atom. The molecule has 0 aliphatic heterocycles. The van der Waals surface area contributed by atoms with Crippen molar-refractivity contribution >= 4 is 11.7 Å². The fraction of sp³-hybridized carbons (Fsp3) is 0.632. The predicted octanol–water partition coefficient (Wildman–Crippen LogP) is 4.16. The van der Waals surface area contributed by atoms with Crippen LogP contribution in [0.4, 0.5) is 10.5 Å². The van der Waals surface area contributed by atoms with Crippen LogP contribution in [0.2, 0.25) is 0 Å². The zero-order chi connectivity index (χ0) is 17.0. The monoisotopic (exact) mass is 317 g/mol. The summed E-state index contributed by atoms with van der Waals surface area (Å²) in [7, 11) is 4.08. The molecule has 0 unspecified atom stereocenters. The standard InChI is InChI=1S/C19H31N3O/c1-14(2)22(19(20)23)18(15-8-6-5-7-9-15)16-10-12-17(13-11-16)21(3)4/h10-15,18H,5-9H2,1-4H3,(H2,20,23)/t18-/m0/s1. The second kappa shape index (κ2) is 7.71. The molecule has 4 heteroatoms. The van der Waals surface area contributed by atoms with E-state index >= 15 is 0 Å². The first kappa shape index (κ1) is 17.6. The average molecular weight is 317 g/mol. The van der Waals surface area contributed by atoms with Gasteiger partial charge in [0.2, 0.25) is 0 Å². The van der Waals surface area contributed by atoms with Crippen molar-refractivity contribution in [1.82, 2.24) is 4.90 Å². The van der Waals surface area contributed by atoms with Gasteiger partial charge in [0.25, 0.3) is 0 Å². The quantitative estimate of drug-likeness (QED) is 0.886. The number of rotatable bonds is 5. The Hall–Kier alpha value is -1.71. The summed E-state index contributed by atoms with van der Waals surface area (Å²) in [4.78, 5) is 16.1. The fourth-order valence-electron chi connectivity index (χ4n) is 3.79. The van der Waals surface area contributed by atoms with Gasteiger partial charge in [0, 0.05) is 25.8 Å². The number of urea groups is 1. The third-order valence-electron chi connectivity index (χ3n) is 4.96. The molecule has 23 heavy (non-hydrogen) atoms. The van der Waals surface area contributed by atoms with E-state index in [1.165, 1.54) is 43.4 Å². The molecule has 2 N–H and O–H groups in total. The van der Waals surface area contributed by atoms with Gasteiger partial charge in [-0.15, -0.1) is 0 Å². The van der Waals surface area contributed by atoms with Crippen LogP contribution in [0.3, 0.4) is 0 Å². The normalized spacial score (nSPS) is 17.1. The van der Waals surface area contributed by atoms with Gasteiger partial charge in [-0.2, -0.15) is 0 Å². The number of hydrogen-bond acceptors (Lipinski definition) is 2. The molecule has 1 fully saturated rings. The van der Waals surface area contributed by atoms with E-state index in [-0.39, 0.29) is 18.1 Å². The number of primary amides is 1. The van der Waals surface area contributed by atoms with E-state index in [4.69, 9.17) is 5.73 Å². The minimum atomic E-state index is -0.313. The van der Waals surface area contributed by atoms with Crippen molar-refractivity contribution in [3.05, 3.63) is 29.8 Å². The van der Waals surface area contributed by atoms with Crippen molar-refractivity contribution in [2.24, 2.45) is 11.7 Å². The predicted molar refractivity (Wildman–Crippen MR) is 96.6 cm³/mol. The number of nitrogens with two attached hydrogens (primary N) is 1. The lowest BCUT2D eigenvalue weighted by Crippen LogP contribution is -2.46. The molecule has 0 saturated heterocycles. The van der Waals surface area contributed by atoms with Crippen molar-refractivity contribution in [2.75, 3.05) is 19.0 Å².